The molecule has 29 heavy (non-hydrogen) atoms. The monoisotopic (exact) mass is 417 g/mol. The number of carboxylic acids is 1. The summed E-state index contributed by atoms with van der Waals surface area (Å²) in [6, 6.07) is 10.2. The molecule has 2 fully saturated rings. The summed E-state index contributed by atoms with van der Waals surface area (Å²) in [5.41, 5.74) is 1.02. The molecule has 1 aromatic rings. The van der Waals surface area contributed by atoms with E-state index < -0.39 is 12.1 Å². The van der Waals surface area contributed by atoms with Crippen LogP contribution in [-0.4, -0.2) is 57.2 Å². The van der Waals surface area contributed by atoms with Crippen molar-refractivity contribution in [2.75, 3.05) is 18.1 Å². The molecule has 3 rings (SSSR count). The Morgan fingerprint density at radius 1 is 1.28 bits per heavy atom. The van der Waals surface area contributed by atoms with Crippen molar-refractivity contribution in [1.29, 1.82) is 0 Å². The second kappa shape index (κ2) is 10.3. The Hall–Kier alpha value is -1.79. The molecule has 0 unspecified atom stereocenters. The van der Waals surface area contributed by atoms with E-state index in [0.717, 1.165) is 37.2 Å². The molecule has 2 N–H and O–H groups in total. The van der Waals surface area contributed by atoms with E-state index in [4.69, 9.17) is 5.11 Å². The number of carbonyl (C=O) groups is 2. The van der Waals surface area contributed by atoms with E-state index >= 15 is 0 Å². The third-order valence-corrected chi connectivity index (χ3v) is 7.03. The molecule has 0 spiro atoms. The average molecular weight is 418 g/mol. The molecule has 0 aromatic heterocycles. The van der Waals surface area contributed by atoms with Gasteiger partial charge in [0.1, 0.15) is 0 Å². The van der Waals surface area contributed by atoms with E-state index in [9.17, 15) is 14.7 Å². The van der Waals surface area contributed by atoms with E-state index in [2.05, 4.69) is 12.1 Å². The Bertz CT molecular complexity index is 717. The number of nitrogens with zero attached hydrogens (tertiary/aromatic N) is 1. The maximum absolute atomic E-state index is 12.4. The van der Waals surface area contributed by atoms with Crippen molar-refractivity contribution in [3.63, 3.8) is 0 Å². The summed E-state index contributed by atoms with van der Waals surface area (Å²) in [7, 11) is 0. The number of hydrogen-bond acceptors (Lipinski definition) is 4. The van der Waals surface area contributed by atoms with Crippen molar-refractivity contribution in [3.8, 4) is 0 Å². The standard InChI is InChI=1S/C23H31NO4S/c25-20(23(13-14-23)18-6-2-1-3-7-18)12-11-19-8-4-9-21(26)24(19)15-17-29-16-5-10-22(27)28/h1-3,6-7,11-12,19-20,25H,4-5,8-10,13-17H2,(H,27,28)/b12-11+/t19-,20-/m1/s1. The van der Waals surface area contributed by atoms with Crippen molar-refractivity contribution in [2.24, 2.45) is 0 Å². The summed E-state index contributed by atoms with van der Waals surface area (Å²) in [6.45, 7) is 0.672. The molecule has 1 aliphatic carbocycles. The fourth-order valence-electron chi connectivity index (χ4n) is 4.11. The molecule has 1 saturated heterocycles. The normalized spacial score (nSPS) is 22.0. The largest absolute Gasteiger partial charge is 0.481 e. The highest BCUT2D eigenvalue weighted by Crippen LogP contribution is 2.51. The lowest BCUT2D eigenvalue weighted by molar-refractivity contribution is -0.137. The van der Waals surface area contributed by atoms with Gasteiger partial charge in [-0.1, -0.05) is 42.5 Å². The zero-order valence-electron chi connectivity index (χ0n) is 16.8. The van der Waals surface area contributed by atoms with Gasteiger partial charge in [0.05, 0.1) is 12.1 Å². The molecule has 5 nitrogen and oxygen atoms in total. The quantitative estimate of drug-likeness (QED) is 0.425. The molecule has 0 radical (unpaired) electrons. The third-order valence-electron chi connectivity index (χ3n) is 5.99. The molecule has 158 valence electrons. The zero-order valence-corrected chi connectivity index (χ0v) is 17.7. The average Bonchev–Trinajstić information content (AvgIpc) is 3.52. The van der Waals surface area contributed by atoms with E-state index in [-0.39, 0.29) is 23.8 Å². The Kier molecular flexibility index (Phi) is 7.78. The highest BCUT2D eigenvalue weighted by atomic mass is 32.2. The summed E-state index contributed by atoms with van der Waals surface area (Å²) in [5.74, 6) is 1.03. The van der Waals surface area contributed by atoms with Crippen LogP contribution in [0.4, 0.5) is 0 Å². The first-order valence-electron chi connectivity index (χ1n) is 10.5. The number of likely N-dealkylation sites (tertiary alicyclic amines) is 1. The highest BCUT2D eigenvalue weighted by Gasteiger charge is 2.49. The third kappa shape index (κ3) is 5.86. The number of amides is 1. The number of carbonyl (C=O) groups excluding carboxylic acids is 1. The van der Waals surface area contributed by atoms with Crippen molar-refractivity contribution in [2.45, 2.75) is 62.5 Å². The predicted molar refractivity (Wildman–Crippen MR) is 116 cm³/mol. The summed E-state index contributed by atoms with van der Waals surface area (Å²) in [4.78, 5) is 24.9. The minimum Gasteiger partial charge on any atom is -0.481 e. The molecule has 1 aromatic carbocycles. The lowest BCUT2D eigenvalue weighted by atomic mass is 9.89. The first-order chi connectivity index (χ1) is 14.0. The van der Waals surface area contributed by atoms with Gasteiger partial charge in [0.2, 0.25) is 5.91 Å². The Morgan fingerprint density at radius 2 is 2.03 bits per heavy atom. The van der Waals surface area contributed by atoms with Gasteiger partial charge in [-0.3, -0.25) is 9.59 Å². The van der Waals surface area contributed by atoms with Crippen LogP contribution in [0.15, 0.2) is 42.5 Å². The van der Waals surface area contributed by atoms with Crippen molar-refractivity contribution >= 4 is 23.6 Å². The molecule has 1 saturated carbocycles. The predicted octanol–water partition coefficient (Wildman–Crippen LogP) is 3.61. The molecule has 1 aliphatic heterocycles. The molecular weight excluding hydrogens is 386 g/mol. The van der Waals surface area contributed by atoms with E-state index in [1.165, 1.54) is 5.56 Å². The van der Waals surface area contributed by atoms with Crippen molar-refractivity contribution < 1.29 is 19.8 Å². The van der Waals surface area contributed by atoms with Crippen LogP contribution in [0.1, 0.15) is 50.5 Å². The van der Waals surface area contributed by atoms with Gasteiger partial charge >= 0.3 is 5.97 Å². The number of rotatable bonds is 11. The van der Waals surface area contributed by atoms with Gasteiger partial charge in [0, 0.05) is 30.6 Å². The van der Waals surface area contributed by atoms with Gasteiger partial charge in [-0.25, -0.2) is 0 Å². The number of carboxylic acid groups (broad SMARTS) is 1. The number of benzene rings is 1. The number of aliphatic hydroxyl groups excluding tert-OH is 1. The molecule has 1 amide bonds. The Balaban J connectivity index is 1.53. The lowest BCUT2D eigenvalue weighted by Gasteiger charge is -2.34. The fourth-order valence-corrected chi connectivity index (χ4v) is 4.98. The molecule has 2 aliphatic rings. The van der Waals surface area contributed by atoms with Crippen LogP contribution in [0.2, 0.25) is 0 Å². The summed E-state index contributed by atoms with van der Waals surface area (Å²) in [6.07, 6.45) is 8.63. The second-order valence-electron chi connectivity index (χ2n) is 8.01. The first-order valence-corrected chi connectivity index (χ1v) is 11.7. The summed E-state index contributed by atoms with van der Waals surface area (Å²) >= 11 is 1.70. The maximum Gasteiger partial charge on any atom is 0.303 e. The van der Waals surface area contributed by atoms with E-state index in [0.29, 0.717) is 19.4 Å². The minimum atomic E-state index is -0.760. The SMILES string of the molecule is O=C(O)CCCSCCN1C(=O)CCC[C@@H]1/C=C/[C@@H](O)C1(c2ccccc2)CC1. The van der Waals surface area contributed by atoms with Gasteiger partial charge in [0.25, 0.3) is 0 Å². The smallest absolute Gasteiger partial charge is 0.303 e. The van der Waals surface area contributed by atoms with Gasteiger partial charge in [-0.2, -0.15) is 11.8 Å². The Labute approximate surface area is 177 Å². The molecule has 0 bridgehead atoms. The molecule has 6 heteroatoms. The molecule has 1 heterocycles. The van der Waals surface area contributed by atoms with Crippen LogP contribution in [0.25, 0.3) is 0 Å². The second-order valence-corrected chi connectivity index (χ2v) is 9.23. The van der Waals surface area contributed by atoms with E-state index in [1.807, 2.05) is 35.3 Å². The zero-order chi connectivity index (χ0) is 20.7. The first kappa shape index (κ1) is 21.9. The summed E-state index contributed by atoms with van der Waals surface area (Å²) < 4.78 is 0. The highest BCUT2D eigenvalue weighted by molar-refractivity contribution is 7.99. The van der Waals surface area contributed by atoms with Gasteiger partial charge in [0.15, 0.2) is 0 Å². The number of piperidine rings is 1. The van der Waals surface area contributed by atoms with Gasteiger partial charge in [-0.15, -0.1) is 0 Å². The number of thioether (sulfide) groups is 1. The van der Waals surface area contributed by atoms with Crippen molar-refractivity contribution in [3.05, 3.63) is 48.0 Å². The summed E-state index contributed by atoms with van der Waals surface area (Å²) in [5, 5.41) is 19.5. The van der Waals surface area contributed by atoms with Gasteiger partial charge < -0.3 is 15.1 Å². The minimum absolute atomic E-state index is 0.0390. The molecular formula is C23H31NO4S. The molecule has 2 atom stereocenters. The van der Waals surface area contributed by atoms with Crippen LogP contribution in [0, 0.1) is 0 Å². The topological polar surface area (TPSA) is 77.8 Å². The lowest BCUT2D eigenvalue weighted by Crippen LogP contribution is -2.44. The van der Waals surface area contributed by atoms with Crippen LogP contribution < -0.4 is 0 Å². The Morgan fingerprint density at radius 3 is 2.72 bits per heavy atom. The maximum atomic E-state index is 12.4. The van der Waals surface area contributed by atoms with Crippen molar-refractivity contribution in [1.82, 2.24) is 4.90 Å². The van der Waals surface area contributed by atoms with Crippen LogP contribution >= 0.6 is 11.8 Å². The van der Waals surface area contributed by atoms with Crippen LogP contribution in [-0.2, 0) is 15.0 Å². The number of aliphatic carboxylic acids is 1. The fraction of sp³-hybridized carbons (Fsp3) is 0.565. The van der Waals surface area contributed by atoms with E-state index in [1.54, 1.807) is 11.8 Å². The number of aliphatic hydroxyl groups is 1. The van der Waals surface area contributed by atoms with Crippen LogP contribution in [0.3, 0.4) is 0 Å². The van der Waals surface area contributed by atoms with Gasteiger partial charge in [-0.05, 0) is 43.4 Å². The van der Waals surface area contributed by atoms with Crippen LogP contribution in [0.5, 0.6) is 0 Å². The number of hydrogen-bond donors (Lipinski definition) is 2.